The molecule has 3 rings (SSSR count). The minimum atomic E-state index is -6.32. The van der Waals surface area contributed by atoms with Crippen LogP contribution in [0.5, 0.6) is 0 Å². The number of hydrogen-bond donors (Lipinski definition) is 1. The van der Waals surface area contributed by atoms with Crippen LogP contribution in [-0.2, 0) is 29.1 Å². The molecule has 5 atom stereocenters. The van der Waals surface area contributed by atoms with Gasteiger partial charge in [-0.3, -0.25) is 9.35 Å². The molecule has 3 fully saturated rings. The zero-order valence-corrected chi connectivity index (χ0v) is 15.5. The molecule has 7 nitrogen and oxygen atoms in total. The predicted molar refractivity (Wildman–Crippen MR) is 81.1 cm³/mol. The van der Waals surface area contributed by atoms with E-state index in [0.717, 1.165) is 0 Å². The number of rotatable bonds is 7. The lowest BCUT2D eigenvalue weighted by atomic mass is 9.87. The van der Waals surface area contributed by atoms with Gasteiger partial charge in [-0.25, -0.2) is 0 Å². The molecule has 0 amide bonds. The molecule has 14 heteroatoms. The maximum atomic E-state index is 13.3. The maximum absolute atomic E-state index is 13.3. The topological polar surface area (TPSA) is 102 Å². The molecule has 2 saturated carbocycles. The second-order valence-corrected chi connectivity index (χ2v) is 9.08. The van der Waals surface area contributed by atoms with Crippen LogP contribution in [0.3, 0.4) is 0 Å². The molecular formula is C15H18F6O7S. The second-order valence-electron chi connectivity index (χ2n) is 7.63. The van der Waals surface area contributed by atoms with Crippen molar-refractivity contribution in [2.45, 2.75) is 49.4 Å². The van der Waals surface area contributed by atoms with Crippen LogP contribution in [0.1, 0.15) is 19.3 Å². The summed E-state index contributed by atoms with van der Waals surface area (Å²) in [6.45, 7) is 0.878. The van der Waals surface area contributed by atoms with E-state index < -0.39 is 51.6 Å². The van der Waals surface area contributed by atoms with E-state index in [1.165, 1.54) is 0 Å². The van der Waals surface area contributed by atoms with E-state index in [-0.39, 0.29) is 31.0 Å². The third-order valence-electron chi connectivity index (χ3n) is 5.57. The monoisotopic (exact) mass is 456 g/mol. The number of fused-ring (bicyclic) bond motifs is 2. The molecule has 1 aliphatic heterocycles. The van der Waals surface area contributed by atoms with Crippen molar-refractivity contribution >= 4 is 16.1 Å². The normalized spacial score (nSPS) is 32.4. The highest BCUT2D eigenvalue weighted by atomic mass is 32.2. The summed E-state index contributed by atoms with van der Waals surface area (Å²) in [5, 5.41) is 0. The largest absolute Gasteiger partial charge is 0.438 e. The van der Waals surface area contributed by atoms with Crippen LogP contribution >= 0.6 is 0 Å². The highest BCUT2D eigenvalue weighted by Gasteiger charge is 2.76. The first kappa shape index (κ1) is 22.6. The van der Waals surface area contributed by atoms with Crippen LogP contribution in [0.2, 0.25) is 0 Å². The molecule has 0 aromatic rings. The number of halogens is 6. The average molecular weight is 456 g/mol. The van der Waals surface area contributed by atoms with Crippen LogP contribution in [0.25, 0.3) is 0 Å². The number of esters is 1. The lowest BCUT2D eigenvalue weighted by Gasteiger charge is -2.37. The Balaban J connectivity index is 1.74. The molecule has 168 valence electrons. The van der Waals surface area contributed by atoms with Crippen LogP contribution in [0.4, 0.5) is 26.3 Å². The van der Waals surface area contributed by atoms with Crippen LogP contribution in [-0.4, -0.2) is 68.1 Å². The molecule has 1 N–H and O–H groups in total. The van der Waals surface area contributed by atoms with Crippen molar-refractivity contribution in [2.24, 2.45) is 17.8 Å². The van der Waals surface area contributed by atoms with Crippen LogP contribution < -0.4 is 0 Å². The Morgan fingerprint density at radius 3 is 2.03 bits per heavy atom. The van der Waals surface area contributed by atoms with E-state index in [9.17, 15) is 39.6 Å². The number of alkyl halides is 6. The van der Waals surface area contributed by atoms with Gasteiger partial charge in [-0.05, 0) is 31.1 Å². The van der Waals surface area contributed by atoms with E-state index in [1.54, 1.807) is 0 Å². The lowest BCUT2D eigenvalue weighted by Crippen LogP contribution is -2.64. The van der Waals surface area contributed by atoms with Gasteiger partial charge in [-0.1, -0.05) is 0 Å². The summed E-state index contributed by atoms with van der Waals surface area (Å²) in [7, 11) is -5.79. The van der Waals surface area contributed by atoms with Gasteiger partial charge in [0.2, 0.25) is 0 Å². The first-order chi connectivity index (χ1) is 13.1. The zero-order chi connectivity index (χ0) is 21.8. The van der Waals surface area contributed by atoms with E-state index in [2.05, 4.69) is 4.74 Å². The molecular weight excluding hydrogens is 438 g/mol. The third-order valence-corrected chi connectivity index (χ3v) is 6.34. The maximum Gasteiger partial charge on any atom is 0.438 e. The van der Waals surface area contributed by atoms with Crippen molar-refractivity contribution < 1.29 is 58.3 Å². The van der Waals surface area contributed by atoms with Crippen LogP contribution in [0.15, 0.2) is 0 Å². The van der Waals surface area contributed by atoms with Crippen molar-refractivity contribution in [1.82, 2.24) is 0 Å². The summed E-state index contributed by atoms with van der Waals surface area (Å²) in [6, 6.07) is 0. The van der Waals surface area contributed by atoms with Gasteiger partial charge in [0.15, 0.2) is 0 Å². The third kappa shape index (κ3) is 4.64. The van der Waals surface area contributed by atoms with E-state index in [0.29, 0.717) is 19.6 Å². The van der Waals surface area contributed by atoms with Crippen molar-refractivity contribution in [3.63, 3.8) is 0 Å². The fourth-order valence-corrected chi connectivity index (χ4v) is 4.98. The van der Waals surface area contributed by atoms with Gasteiger partial charge in [0, 0.05) is 0 Å². The van der Waals surface area contributed by atoms with Crippen molar-refractivity contribution in [2.75, 3.05) is 19.0 Å². The molecule has 0 radical (unpaired) electrons. The first-order valence-electron chi connectivity index (χ1n) is 8.67. The first-order valence-corrected chi connectivity index (χ1v) is 10.3. The fraction of sp³-hybridized carbons (Fsp3) is 0.933. The second kappa shape index (κ2) is 7.24. The van der Waals surface area contributed by atoms with Gasteiger partial charge in [-0.15, -0.1) is 0 Å². The summed E-state index contributed by atoms with van der Waals surface area (Å²) in [4.78, 5) is 12.3. The van der Waals surface area contributed by atoms with Crippen molar-refractivity contribution in [3.8, 4) is 0 Å². The average Bonchev–Trinajstić information content (AvgIpc) is 3.15. The minimum Gasteiger partial charge on any atom is -0.438 e. The van der Waals surface area contributed by atoms with Gasteiger partial charge in [0.25, 0.3) is 10.1 Å². The lowest BCUT2D eigenvalue weighted by molar-refractivity contribution is -0.362. The van der Waals surface area contributed by atoms with Gasteiger partial charge in [0.05, 0.1) is 25.2 Å². The number of carbonyl (C=O) groups excluding carboxylic acids is 1. The molecule has 0 aromatic carbocycles. The van der Waals surface area contributed by atoms with E-state index >= 15 is 0 Å². The summed E-state index contributed by atoms with van der Waals surface area (Å²) in [5.41, 5.74) is -5.36. The summed E-state index contributed by atoms with van der Waals surface area (Å²) in [6.07, 6.45) is -12.3. The zero-order valence-electron chi connectivity index (χ0n) is 14.7. The Labute approximate surface area is 161 Å². The minimum absolute atomic E-state index is 0.0190. The molecule has 1 saturated heterocycles. The highest BCUT2D eigenvalue weighted by Crippen LogP contribution is 2.52. The molecule has 0 aromatic heterocycles. The molecule has 2 bridgehead atoms. The highest BCUT2D eigenvalue weighted by molar-refractivity contribution is 7.85. The Morgan fingerprint density at radius 1 is 1.03 bits per heavy atom. The number of carbonyl (C=O) groups is 1. The summed E-state index contributed by atoms with van der Waals surface area (Å²) < 4.78 is 125. The van der Waals surface area contributed by atoms with Crippen molar-refractivity contribution in [3.05, 3.63) is 0 Å². The van der Waals surface area contributed by atoms with E-state index in [4.69, 9.17) is 14.0 Å². The summed E-state index contributed by atoms with van der Waals surface area (Å²) >= 11 is 0. The number of epoxide rings is 1. The van der Waals surface area contributed by atoms with Gasteiger partial charge in [-0.2, -0.15) is 34.8 Å². The molecule has 3 aliphatic rings. The Kier molecular flexibility index (Phi) is 5.63. The van der Waals surface area contributed by atoms with Gasteiger partial charge >= 0.3 is 23.9 Å². The van der Waals surface area contributed by atoms with Gasteiger partial charge in [0.1, 0.15) is 11.9 Å². The Morgan fingerprint density at radius 2 is 1.62 bits per heavy atom. The smallest absolute Gasteiger partial charge is 0.438 e. The molecule has 5 unspecified atom stereocenters. The fourth-order valence-electron chi connectivity index (χ4n) is 4.08. The Hall–Kier alpha value is -1.12. The van der Waals surface area contributed by atoms with Crippen molar-refractivity contribution in [1.29, 1.82) is 0 Å². The molecule has 0 spiro atoms. The molecule has 1 heterocycles. The summed E-state index contributed by atoms with van der Waals surface area (Å²) in [5.74, 6) is -6.68. The van der Waals surface area contributed by atoms with Gasteiger partial charge < -0.3 is 14.2 Å². The van der Waals surface area contributed by atoms with Crippen LogP contribution in [0, 0.1) is 17.8 Å². The van der Waals surface area contributed by atoms with E-state index in [1.807, 2.05) is 0 Å². The predicted octanol–water partition coefficient (Wildman–Crippen LogP) is 2.11. The number of hydrogen-bond acceptors (Lipinski definition) is 6. The number of ether oxygens (including phenoxy) is 3. The SMILES string of the molecule is O=C(OC(CS(=O)(=O)O)(C(F)(F)F)C(F)(F)F)C1CC2CC1CC2OCC1CO1. The Bertz CT molecular complexity index is 731. The standard InChI is InChI=1S/C15H18F6O7S/c16-14(17,18)13(15(19,20)21,6-29(23,24)25)28-12(22)10-2-8-1-7(10)3-11(8)27-5-9-4-26-9/h7-11H,1-6H2,(H,23,24,25). The molecule has 2 aliphatic carbocycles. The quantitative estimate of drug-likeness (QED) is 0.271. The molecule has 29 heavy (non-hydrogen) atoms.